The zero-order valence-corrected chi connectivity index (χ0v) is 47.3. The predicted octanol–water partition coefficient (Wildman–Crippen LogP) is 8.38. The van der Waals surface area contributed by atoms with Gasteiger partial charge in [-0.05, 0) is 126 Å². The van der Waals surface area contributed by atoms with E-state index in [0.717, 1.165) is 37.5 Å². The van der Waals surface area contributed by atoms with E-state index in [9.17, 15) is 50.7 Å². The van der Waals surface area contributed by atoms with Gasteiger partial charge >= 0.3 is 21.5 Å². The van der Waals surface area contributed by atoms with Crippen LogP contribution in [0.3, 0.4) is 0 Å². The number of benzene rings is 4. The zero-order valence-electron chi connectivity index (χ0n) is 41.7. The summed E-state index contributed by atoms with van der Waals surface area (Å²) in [7, 11) is 0.0737. The van der Waals surface area contributed by atoms with Crippen molar-refractivity contribution in [2.75, 3.05) is 0 Å². The Kier molecular flexibility index (Phi) is 17.9. The van der Waals surface area contributed by atoms with Gasteiger partial charge in [-0.15, -0.1) is 0 Å². The molecule has 4 aromatic heterocycles. The molecule has 0 spiro atoms. The highest BCUT2D eigenvalue weighted by molar-refractivity contribution is 9.10. The van der Waals surface area contributed by atoms with Crippen LogP contribution in [0.5, 0.6) is 11.5 Å². The van der Waals surface area contributed by atoms with Gasteiger partial charge in [0, 0.05) is 52.7 Å². The molecule has 0 amide bonds. The zero-order chi connectivity index (χ0) is 55.9. The summed E-state index contributed by atoms with van der Waals surface area (Å²) in [5, 5.41) is 17.7. The number of rotatable bonds is 8. The second kappa shape index (κ2) is 23.2. The summed E-state index contributed by atoms with van der Waals surface area (Å²) in [6, 6.07) is 27.4. The van der Waals surface area contributed by atoms with Crippen molar-refractivity contribution in [2.24, 2.45) is 14.1 Å². The molecule has 2 aliphatic rings. The van der Waals surface area contributed by atoms with E-state index >= 15 is 0 Å². The largest absolute Gasteiger partial charge is 0.506 e. The number of aromatic nitrogens is 6. The minimum absolute atomic E-state index is 0. The van der Waals surface area contributed by atoms with Crippen LogP contribution < -0.4 is 37.8 Å². The van der Waals surface area contributed by atoms with Crippen LogP contribution in [0, 0.1) is 39.0 Å². The van der Waals surface area contributed by atoms with Gasteiger partial charge in [0.2, 0.25) is 0 Å². The van der Waals surface area contributed by atoms with E-state index in [0.29, 0.717) is 24.2 Å². The van der Waals surface area contributed by atoms with Crippen molar-refractivity contribution in [2.45, 2.75) is 89.6 Å². The Labute approximate surface area is 462 Å². The van der Waals surface area contributed by atoms with Crippen molar-refractivity contribution in [1.29, 1.82) is 5.26 Å². The molecule has 10 rings (SSSR count). The molecule has 0 saturated heterocycles. The van der Waals surface area contributed by atoms with E-state index in [1.54, 1.807) is 78.9 Å². The predicted molar refractivity (Wildman–Crippen MR) is 302 cm³/mol. The van der Waals surface area contributed by atoms with Crippen LogP contribution in [-0.4, -0.2) is 49.3 Å². The number of pyridine rings is 2. The molecule has 0 aliphatic heterocycles. The Balaban J connectivity index is 0.000000204. The molecule has 77 heavy (non-hydrogen) atoms. The topological polar surface area (TPSA) is 254 Å². The number of aromatic hydroxyl groups is 1. The van der Waals surface area contributed by atoms with Crippen LogP contribution in [0.25, 0.3) is 33.4 Å². The summed E-state index contributed by atoms with van der Waals surface area (Å²) in [6.07, 6.45) is 2.77. The second-order valence-corrected chi connectivity index (χ2v) is 23.8. The molecule has 24 heteroatoms. The van der Waals surface area contributed by atoms with Crippen LogP contribution >= 0.6 is 42.5 Å². The molecule has 4 aromatic carbocycles. The Hall–Kier alpha value is -7.10. The maximum absolute atomic E-state index is 13.7. The van der Waals surface area contributed by atoms with Gasteiger partial charge in [-0.2, -0.15) is 13.7 Å². The van der Waals surface area contributed by atoms with Gasteiger partial charge < -0.3 is 9.29 Å². The average Bonchev–Trinajstić information content (AvgIpc) is 4.35. The van der Waals surface area contributed by atoms with Crippen molar-refractivity contribution >= 4 is 83.8 Å². The molecule has 2 saturated carbocycles. The van der Waals surface area contributed by atoms with E-state index < -0.39 is 52.8 Å². The number of hydrogen-bond acceptors (Lipinski definition) is 13. The summed E-state index contributed by atoms with van der Waals surface area (Å²) in [5.41, 5.74) is -0.560. The van der Waals surface area contributed by atoms with Gasteiger partial charge in [0.05, 0.1) is 33.5 Å². The molecule has 0 bridgehead atoms. The first-order chi connectivity index (χ1) is 35.7. The third-order valence-electron chi connectivity index (χ3n) is 12.4. The SMILES string of the molecule is C.CC#N.Cc1c(O)c2c(=O)n(C3CC3)c(=O)n(-c3ccc(Br)cc3)c2n(C)c1=O.Cc1ccc(S(=O)(=O)Cl)cc1.Cc1ccc(S(=O)(=O)Oc2c(C)c(=O)n(C)c3c2c(=O)n(C2CC2)c(=O)n3-c2ccc(Br)cc2)cc1. The van der Waals surface area contributed by atoms with Crippen LogP contribution in [-0.2, 0) is 33.3 Å². The lowest BCUT2D eigenvalue weighted by molar-refractivity contribution is 0.472. The summed E-state index contributed by atoms with van der Waals surface area (Å²) in [4.78, 5) is 79.2. The number of hydrogen-bond donors (Lipinski definition) is 1. The highest BCUT2D eigenvalue weighted by Crippen LogP contribution is 2.36. The van der Waals surface area contributed by atoms with Crippen molar-refractivity contribution < 1.29 is 26.1 Å². The first-order valence-corrected chi connectivity index (χ1v) is 28.4. The van der Waals surface area contributed by atoms with Crippen molar-refractivity contribution in [3.63, 3.8) is 0 Å². The van der Waals surface area contributed by atoms with E-state index in [4.69, 9.17) is 20.1 Å². The number of fused-ring (bicyclic) bond motifs is 2. The van der Waals surface area contributed by atoms with E-state index in [2.05, 4.69) is 31.9 Å². The van der Waals surface area contributed by atoms with Gasteiger partial charge in [-0.1, -0.05) is 74.7 Å². The lowest BCUT2D eigenvalue weighted by Crippen LogP contribution is -2.41. The lowest BCUT2D eigenvalue weighted by Gasteiger charge is -2.19. The summed E-state index contributed by atoms with van der Waals surface area (Å²) in [6.45, 7) is 7.99. The monoisotopic (exact) mass is 1240 g/mol. The molecule has 4 heterocycles. The second-order valence-electron chi connectivity index (χ2n) is 17.9. The molecule has 1 N–H and O–H groups in total. The standard InChI is InChI=1S/C25H22BrN3O6S.C18H16BrN3O4.C7H7ClO2S.C2H3N.CH4/c1-14-4-12-19(13-5-14)36(33,34)35-21-15(2)23(30)27(3)22-20(21)24(31)29(18-10-11-18)25(32)28(22)17-8-6-16(26)7-9-17;1-9-14(23)13-15(20(2)16(9)24)21(11-5-3-10(19)4-6-11)18(26)22(17(13)25)12-7-8-12;1-6-2-4-7(5-3-6)11(8,9)10;1-2-3;/h4-9,12-13,18H,10-11H2,1-3H3;3-6,12,23H,7-8H2,1-2H3;2-5H,1H3;1H3;1H4. The molecular weight excluding hydrogens is 1190 g/mol. The van der Waals surface area contributed by atoms with Gasteiger partial charge in [0.1, 0.15) is 32.7 Å². The summed E-state index contributed by atoms with van der Waals surface area (Å²) >= 11 is 6.72. The number of aryl methyl sites for hydroxylation is 4. The van der Waals surface area contributed by atoms with Crippen molar-refractivity contribution in [3.8, 4) is 28.9 Å². The van der Waals surface area contributed by atoms with Crippen LogP contribution in [0.2, 0.25) is 0 Å². The molecule has 19 nitrogen and oxygen atoms in total. The van der Waals surface area contributed by atoms with E-state index in [1.165, 1.54) is 82.0 Å². The maximum atomic E-state index is 13.7. The normalized spacial score (nSPS) is 12.9. The Morgan fingerprint density at radius 2 is 0.935 bits per heavy atom. The smallest absolute Gasteiger partial charge is 0.339 e. The lowest BCUT2D eigenvalue weighted by atomic mass is 10.2. The fourth-order valence-electron chi connectivity index (χ4n) is 8.16. The van der Waals surface area contributed by atoms with Crippen LogP contribution in [0.15, 0.2) is 145 Å². The summed E-state index contributed by atoms with van der Waals surface area (Å²) < 4.78 is 62.2. The van der Waals surface area contributed by atoms with Crippen LogP contribution in [0.4, 0.5) is 0 Å². The van der Waals surface area contributed by atoms with E-state index in [-0.39, 0.29) is 74.0 Å². The third kappa shape index (κ3) is 12.1. The van der Waals surface area contributed by atoms with Gasteiger partial charge in [-0.25, -0.2) is 27.1 Å². The Morgan fingerprint density at radius 3 is 1.31 bits per heavy atom. The molecule has 2 aliphatic carbocycles. The molecule has 0 unspecified atom stereocenters. The molecule has 0 atom stereocenters. The minimum Gasteiger partial charge on any atom is -0.506 e. The Bertz CT molecular complexity index is 4270. The molecule has 8 aromatic rings. The highest BCUT2D eigenvalue weighted by Gasteiger charge is 2.34. The molecular formula is C53H52Br2ClN7O12S2. The quantitative estimate of drug-likeness (QED) is 0.111. The van der Waals surface area contributed by atoms with Crippen LogP contribution in [0.1, 0.15) is 74.4 Å². The minimum atomic E-state index is -4.39. The third-order valence-corrected chi connectivity index (χ3v) is 16.0. The number of halogens is 3. The van der Waals surface area contributed by atoms with Gasteiger partial charge in [-0.3, -0.25) is 37.4 Å². The Morgan fingerprint density at radius 1 is 0.584 bits per heavy atom. The number of nitrogens with zero attached hydrogens (tertiary/aromatic N) is 7. The van der Waals surface area contributed by atoms with Crippen molar-refractivity contribution in [3.05, 3.63) is 191 Å². The molecule has 404 valence electrons. The fourth-order valence-corrected chi connectivity index (χ4v) is 10.5. The van der Waals surface area contributed by atoms with Gasteiger partial charge in [0.25, 0.3) is 31.3 Å². The summed E-state index contributed by atoms with van der Waals surface area (Å²) in [5.74, 6) is -0.743. The van der Waals surface area contributed by atoms with Gasteiger partial charge in [0.15, 0.2) is 5.75 Å². The molecule has 0 radical (unpaired) electrons. The number of nitriles is 1. The van der Waals surface area contributed by atoms with Crippen molar-refractivity contribution in [1.82, 2.24) is 27.4 Å². The fraction of sp³-hybridized carbons (Fsp3) is 0.264. The average molecular weight is 1240 g/mol. The molecule has 2 fully saturated rings. The highest BCUT2D eigenvalue weighted by atomic mass is 79.9. The maximum Gasteiger partial charge on any atom is 0.339 e. The van der Waals surface area contributed by atoms with E-state index in [1.807, 2.05) is 13.8 Å². The first-order valence-electron chi connectivity index (χ1n) is 23.1. The first kappa shape index (κ1) is 59.1.